The summed E-state index contributed by atoms with van der Waals surface area (Å²) in [6.45, 7) is 0. The van der Waals surface area contributed by atoms with Gasteiger partial charge in [-0.1, -0.05) is 54.6 Å². The summed E-state index contributed by atoms with van der Waals surface area (Å²) in [6.07, 6.45) is 1.73. The Hall–Kier alpha value is -2.36. The van der Waals surface area contributed by atoms with Crippen LogP contribution in [-0.4, -0.2) is 0 Å². The highest BCUT2D eigenvalue weighted by Gasteiger charge is 2.00. The lowest BCUT2D eigenvalue weighted by molar-refractivity contribution is 0.616. The molecule has 2 aromatic carbocycles. The monoisotopic (exact) mass is 336 g/mol. The molecule has 0 fully saturated rings. The van der Waals surface area contributed by atoms with E-state index in [1.165, 1.54) is 16.2 Å². The molecule has 0 amide bonds. The summed E-state index contributed by atoms with van der Waals surface area (Å²) in [5, 5.41) is 11.9. The molecule has 3 heterocycles. The van der Waals surface area contributed by atoms with Crippen molar-refractivity contribution >= 4 is 44.4 Å². The summed E-state index contributed by atoms with van der Waals surface area (Å²) in [6, 6.07) is 22.5. The maximum Gasteiger partial charge on any atom is 0.134 e. The predicted octanol–water partition coefficient (Wildman–Crippen LogP) is 7.08. The van der Waals surface area contributed by atoms with Crippen LogP contribution in [0, 0.1) is 0 Å². The van der Waals surface area contributed by atoms with Crippen LogP contribution in [0.3, 0.4) is 0 Å². The molecule has 3 heteroatoms. The van der Waals surface area contributed by atoms with Gasteiger partial charge >= 0.3 is 0 Å². The van der Waals surface area contributed by atoms with Gasteiger partial charge in [-0.15, -0.1) is 0 Å². The van der Waals surface area contributed by atoms with E-state index in [2.05, 4.69) is 24.3 Å². The van der Waals surface area contributed by atoms with Crippen LogP contribution >= 0.6 is 22.7 Å². The second-order valence-corrected chi connectivity index (χ2v) is 6.34. The zero-order chi connectivity index (χ0) is 15.7. The van der Waals surface area contributed by atoms with Crippen molar-refractivity contribution in [2.75, 3.05) is 0 Å². The molecule has 5 rings (SSSR count). The first-order valence-electron chi connectivity index (χ1n) is 7.24. The Labute approximate surface area is 143 Å². The van der Waals surface area contributed by atoms with Gasteiger partial charge in [0.25, 0.3) is 0 Å². The minimum atomic E-state index is 0.957. The minimum Gasteiger partial charge on any atom is -0.464 e. The number of rotatable bonds is 0. The first-order valence-corrected chi connectivity index (χ1v) is 9.13. The van der Waals surface area contributed by atoms with Crippen molar-refractivity contribution < 1.29 is 4.42 Å². The normalized spacial score (nSPS) is 9.74. The van der Waals surface area contributed by atoms with E-state index in [1.807, 2.05) is 64.0 Å². The summed E-state index contributed by atoms with van der Waals surface area (Å²) in [4.78, 5) is 0. The highest BCUT2D eigenvalue weighted by atomic mass is 32.1. The van der Waals surface area contributed by atoms with E-state index >= 15 is 0 Å². The number of furan rings is 1. The second-order valence-electron chi connectivity index (χ2n) is 4.71. The molecule has 0 aliphatic heterocycles. The van der Waals surface area contributed by atoms with Gasteiger partial charge in [0, 0.05) is 5.39 Å². The summed E-state index contributed by atoms with van der Waals surface area (Å²) in [5.41, 5.74) is 0.957. The Morgan fingerprint density at radius 1 is 0.565 bits per heavy atom. The van der Waals surface area contributed by atoms with E-state index in [-0.39, 0.29) is 0 Å². The van der Waals surface area contributed by atoms with Crippen molar-refractivity contribution in [1.29, 1.82) is 0 Å². The lowest BCUT2D eigenvalue weighted by Crippen LogP contribution is -1.71. The third-order valence-corrected chi connectivity index (χ3v) is 4.47. The fourth-order valence-corrected chi connectivity index (χ4v) is 3.09. The summed E-state index contributed by atoms with van der Waals surface area (Å²) >= 11 is 3.43. The molecule has 0 saturated carbocycles. The van der Waals surface area contributed by atoms with Crippen molar-refractivity contribution in [3.8, 4) is 0 Å². The van der Waals surface area contributed by atoms with Crippen LogP contribution in [0.15, 0.2) is 98.9 Å². The van der Waals surface area contributed by atoms with Crippen molar-refractivity contribution in [3.05, 3.63) is 94.5 Å². The number of hydrogen-bond acceptors (Lipinski definition) is 3. The molecule has 1 nitrogen and oxygen atoms in total. The zero-order valence-corrected chi connectivity index (χ0v) is 14.1. The summed E-state index contributed by atoms with van der Waals surface area (Å²) < 4.78 is 5.33. The maximum atomic E-state index is 5.33. The fourth-order valence-electron chi connectivity index (χ4n) is 2.18. The first kappa shape index (κ1) is 15.5. The fraction of sp³-hybridized carbons (Fsp3) is 0. The van der Waals surface area contributed by atoms with Gasteiger partial charge in [-0.3, -0.25) is 0 Å². The molecule has 0 bridgehead atoms. The molecular formula is C20H16OS2. The van der Waals surface area contributed by atoms with Crippen LogP contribution in [0.25, 0.3) is 21.7 Å². The van der Waals surface area contributed by atoms with Crippen LogP contribution in [0.4, 0.5) is 0 Å². The molecule has 23 heavy (non-hydrogen) atoms. The van der Waals surface area contributed by atoms with Crippen molar-refractivity contribution in [3.63, 3.8) is 0 Å². The highest BCUT2D eigenvalue weighted by molar-refractivity contribution is 7.08. The topological polar surface area (TPSA) is 13.1 Å². The zero-order valence-electron chi connectivity index (χ0n) is 12.5. The van der Waals surface area contributed by atoms with Gasteiger partial charge in [-0.2, -0.15) is 22.7 Å². The van der Waals surface area contributed by atoms with Gasteiger partial charge in [-0.25, -0.2) is 0 Å². The van der Waals surface area contributed by atoms with Crippen LogP contribution < -0.4 is 0 Å². The quantitative estimate of drug-likeness (QED) is 0.294. The molecule has 0 unspecified atom stereocenters. The van der Waals surface area contributed by atoms with Crippen LogP contribution in [0.5, 0.6) is 0 Å². The van der Waals surface area contributed by atoms with Gasteiger partial charge in [0.15, 0.2) is 0 Å². The third-order valence-electron chi connectivity index (χ3n) is 3.21. The lowest BCUT2D eigenvalue weighted by atomic mass is 10.1. The third kappa shape index (κ3) is 4.31. The van der Waals surface area contributed by atoms with Gasteiger partial charge in [0.2, 0.25) is 0 Å². The Balaban J connectivity index is 0.000000128. The number of thiophene rings is 2. The van der Waals surface area contributed by atoms with Crippen LogP contribution in [0.2, 0.25) is 0 Å². The van der Waals surface area contributed by atoms with Crippen LogP contribution in [-0.2, 0) is 0 Å². The molecule has 0 saturated heterocycles. The molecule has 114 valence electrons. The van der Waals surface area contributed by atoms with E-state index in [0.717, 1.165) is 5.58 Å². The minimum absolute atomic E-state index is 0.957. The number of hydrogen-bond donors (Lipinski definition) is 0. The average Bonchev–Trinajstić information content (AvgIpc) is 3.41. The average molecular weight is 336 g/mol. The second kappa shape index (κ2) is 8.32. The van der Waals surface area contributed by atoms with E-state index < -0.39 is 0 Å². The number of fused-ring (bicyclic) bond motifs is 3. The van der Waals surface area contributed by atoms with Crippen molar-refractivity contribution in [2.24, 2.45) is 0 Å². The van der Waals surface area contributed by atoms with Gasteiger partial charge in [-0.05, 0) is 44.4 Å². The van der Waals surface area contributed by atoms with Crippen molar-refractivity contribution in [1.82, 2.24) is 0 Å². The molecular weight excluding hydrogens is 320 g/mol. The molecule has 0 spiro atoms. The summed E-state index contributed by atoms with van der Waals surface area (Å²) in [7, 11) is 0. The highest BCUT2D eigenvalue weighted by Crippen LogP contribution is 2.25. The molecule has 0 atom stereocenters. The molecule has 5 aromatic rings. The van der Waals surface area contributed by atoms with E-state index in [9.17, 15) is 0 Å². The first-order chi connectivity index (χ1) is 11.4. The van der Waals surface area contributed by atoms with E-state index in [4.69, 9.17) is 4.42 Å². The Morgan fingerprint density at radius 2 is 1.22 bits per heavy atom. The Morgan fingerprint density at radius 3 is 1.83 bits per heavy atom. The van der Waals surface area contributed by atoms with E-state index in [1.54, 1.807) is 28.9 Å². The molecule has 0 N–H and O–H groups in total. The Kier molecular flexibility index (Phi) is 5.62. The number of benzene rings is 2. The molecule has 0 radical (unpaired) electrons. The Bertz CT molecular complexity index is 858. The van der Waals surface area contributed by atoms with Crippen LogP contribution in [0.1, 0.15) is 0 Å². The van der Waals surface area contributed by atoms with E-state index in [0.29, 0.717) is 0 Å². The summed E-state index contributed by atoms with van der Waals surface area (Å²) in [5.74, 6) is 0. The largest absolute Gasteiger partial charge is 0.464 e. The molecule has 3 aromatic heterocycles. The maximum absolute atomic E-state index is 5.33. The smallest absolute Gasteiger partial charge is 0.134 e. The van der Waals surface area contributed by atoms with Gasteiger partial charge in [0.1, 0.15) is 5.58 Å². The SMILES string of the molecule is c1ccc2c(c1)ccc1occc12.c1ccsc1.c1ccsc1. The van der Waals surface area contributed by atoms with Gasteiger partial charge in [0.05, 0.1) is 6.26 Å². The molecule has 0 aliphatic carbocycles. The van der Waals surface area contributed by atoms with Crippen molar-refractivity contribution in [2.45, 2.75) is 0 Å². The predicted molar refractivity (Wildman–Crippen MR) is 102 cm³/mol. The standard InChI is InChI=1S/C12H8O.2C4H4S/c1-2-4-10-9(3-1)5-6-12-11(10)7-8-13-12;2*1-2-4-5-3-1/h1-8H;2*1-4H. The lowest BCUT2D eigenvalue weighted by Gasteiger charge is -1.96. The molecule has 0 aliphatic rings. The van der Waals surface area contributed by atoms with Gasteiger partial charge < -0.3 is 4.42 Å².